The number of aliphatic hydroxyl groups excluding tert-OH is 1. The van der Waals surface area contributed by atoms with Gasteiger partial charge in [0.1, 0.15) is 6.61 Å². The van der Waals surface area contributed by atoms with E-state index in [4.69, 9.17) is 5.11 Å². The fraction of sp³-hybridized carbons (Fsp3) is 0.625. The highest BCUT2D eigenvalue weighted by atomic mass is 32.1. The molecule has 0 saturated heterocycles. The van der Waals surface area contributed by atoms with E-state index >= 15 is 0 Å². The molecule has 1 atom stereocenters. The molecule has 0 aliphatic carbocycles. The molecule has 106 valence electrons. The van der Waals surface area contributed by atoms with E-state index in [1.807, 2.05) is 0 Å². The van der Waals surface area contributed by atoms with Crippen molar-refractivity contribution in [1.29, 1.82) is 0 Å². The summed E-state index contributed by atoms with van der Waals surface area (Å²) in [6.45, 7) is 8.90. The molecule has 1 aromatic heterocycles. The minimum Gasteiger partial charge on any atom is -0.384 e. The van der Waals surface area contributed by atoms with Crippen molar-refractivity contribution in [2.45, 2.75) is 52.6 Å². The number of hydrogen-bond donors (Lipinski definition) is 1. The first-order chi connectivity index (χ1) is 9.21. The predicted octanol–water partition coefficient (Wildman–Crippen LogP) is 3.49. The molecule has 1 heterocycles. The highest BCUT2D eigenvalue weighted by molar-refractivity contribution is 7.12. The van der Waals surface area contributed by atoms with E-state index in [1.54, 1.807) is 11.3 Å². The molecule has 0 fully saturated rings. The predicted molar refractivity (Wildman–Crippen MR) is 83.4 cm³/mol. The zero-order valence-electron chi connectivity index (χ0n) is 12.3. The molecule has 0 spiro atoms. The Hall–Kier alpha value is -0.820. The van der Waals surface area contributed by atoms with Crippen molar-refractivity contribution in [1.82, 2.24) is 4.90 Å². The zero-order valence-corrected chi connectivity index (χ0v) is 13.1. The van der Waals surface area contributed by atoms with E-state index < -0.39 is 0 Å². The summed E-state index contributed by atoms with van der Waals surface area (Å²) in [4.78, 5) is 4.96. The number of rotatable bonds is 7. The lowest BCUT2D eigenvalue weighted by Gasteiger charge is -2.27. The summed E-state index contributed by atoms with van der Waals surface area (Å²) >= 11 is 1.74. The van der Waals surface area contributed by atoms with Crippen LogP contribution in [0.4, 0.5) is 0 Å². The lowest BCUT2D eigenvalue weighted by molar-refractivity contribution is 0.194. The van der Waals surface area contributed by atoms with E-state index in [2.05, 4.69) is 49.6 Å². The van der Waals surface area contributed by atoms with Crippen LogP contribution in [-0.2, 0) is 6.54 Å². The quantitative estimate of drug-likeness (QED) is 0.772. The van der Waals surface area contributed by atoms with Crippen LogP contribution < -0.4 is 0 Å². The molecule has 1 rings (SSSR count). The Morgan fingerprint density at radius 2 is 2.16 bits per heavy atom. The van der Waals surface area contributed by atoms with Crippen molar-refractivity contribution in [3.63, 3.8) is 0 Å². The van der Waals surface area contributed by atoms with Gasteiger partial charge in [-0.15, -0.1) is 11.3 Å². The van der Waals surface area contributed by atoms with E-state index in [0.29, 0.717) is 6.04 Å². The second kappa shape index (κ2) is 9.14. The molecule has 1 unspecified atom stereocenters. The molecule has 0 bridgehead atoms. The SMILES string of the molecule is CCCCN(Cc1ccc(C#CCO)s1)C(C)CC. The first-order valence-electron chi connectivity index (χ1n) is 7.13. The molecule has 0 aromatic carbocycles. The van der Waals surface area contributed by atoms with Crippen LogP contribution >= 0.6 is 11.3 Å². The van der Waals surface area contributed by atoms with Crippen LogP contribution in [0, 0.1) is 11.8 Å². The van der Waals surface area contributed by atoms with E-state index in [0.717, 1.165) is 11.4 Å². The zero-order chi connectivity index (χ0) is 14.1. The van der Waals surface area contributed by atoms with E-state index in [-0.39, 0.29) is 6.61 Å². The summed E-state index contributed by atoms with van der Waals surface area (Å²) < 4.78 is 0. The molecule has 0 saturated carbocycles. The summed E-state index contributed by atoms with van der Waals surface area (Å²) in [7, 11) is 0. The summed E-state index contributed by atoms with van der Waals surface area (Å²) in [5, 5.41) is 8.70. The Morgan fingerprint density at radius 3 is 2.79 bits per heavy atom. The first-order valence-corrected chi connectivity index (χ1v) is 7.95. The Bertz CT molecular complexity index is 416. The molecule has 0 amide bonds. The smallest absolute Gasteiger partial charge is 0.104 e. The van der Waals surface area contributed by atoms with Crippen molar-refractivity contribution in [2.24, 2.45) is 0 Å². The standard InChI is InChI=1S/C16H25NOS/c1-4-6-11-17(14(3)5-2)13-16-10-9-15(19-16)8-7-12-18/h9-10,14,18H,4-6,11-13H2,1-3H3. The molecule has 0 aliphatic rings. The number of thiophene rings is 1. The molecule has 2 nitrogen and oxygen atoms in total. The average Bonchev–Trinajstić information content (AvgIpc) is 2.87. The van der Waals surface area contributed by atoms with Gasteiger partial charge in [-0.1, -0.05) is 32.1 Å². The van der Waals surface area contributed by atoms with E-state index in [9.17, 15) is 0 Å². The third kappa shape index (κ3) is 5.78. The summed E-state index contributed by atoms with van der Waals surface area (Å²) in [6, 6.07) is 4.84. The van der Waals surface area contributed by atoms with Gasteiger partial charge in [-0.3, -0.25) is 4.90 Å². The molecule has 1 N–H and O–H groups in total. The lowest BCUT2D eigenvalue weighted by atomic mass is 10.2. The van der Waals surface area contributed by atoms with Crippen LogP contribution in [0.5, 0.6) is 0 Å². The molecule has 3 heteroatoms. The lowest BCUT2D eigenvalue weighted by Crippen LogP contribution is -2.32. The van der Waals surface area contributed by atoms with Crippen LogP contribution in [0.3, 0.4) is 0 Å². The van der Waals surface area contributed by atoms with Crippen LogP contribution in [0.2, 0.25) is 0 Å². The van der Waals surface area contributed by atoms with Gasteiger partial charge in [0.15, 0.2) is 0 Å². The summed E-state index contributed by atoms with van der Waals surface area (Å²) in [5.41, 5.74) is 0. The Balaban J connectivity index is 2.64. The minimum atomic E-state index is -0.0667. The van der Waals surface area contributed by atoms with Crippen LogP contribution in [0.25, 0.3) is 0 Å². The monoisotopic (exact) mass is 279 g/mol. The Kier molecular flexibility index (Phi) is 7.81. The third-order valence-corrected chi connectivity index (χ3v) is 4.31. The molecular formula is C16H25NOS. The van der Waals surface area contributed by atoms with Gasteiger partial charge in [-0.25, -0.2) is 0 Å². The van der Waals surface area contributed by atoms with Crippen molar-refractivity contribution < 1.29 is 5.11 Å². The van der Waals surface area contributed by atoms with Gasteiger partial charge in [-0.2, -0.15) is 0 Å². The highest BCUT2D eigenvalue weighted by Gasteiger charge is 2.13. The van der Waals surface area contributed by atoms with Gasteiger partial charge in [-0.05, 0) is 38.4 Å². The fourth-order valence-electron chi connectivity index (χ4n) is 1.93. The average molecular weight is 279 g/mol. The van der Waals surface area contributed by atoms with Crippen molar-refractivity contribution >= 4 is 11.3 Å². The van der Waals surface area contributed by atoms with Crippen molar-refractivity contribution in [3.8, 4) is 11.8 Å². The van der Waals surface area contributed by atoms with Crippen molar-refractivity contribution in [2.75, 3.05) is 13.2 Å². The molecule has 0 radical (unpaired) electrons. The van der Waals surface area contributed by atoms with Gasteiger partial charge in [0, 0.05) is 17.5 Å². The largest absolute Gasteiger partial charge is 0.384 e. The Labute approximate surface area is 121 Å². The highest BCUT2D eigenvalue weighted by Crippen LogP contribution is 2.19. The molecular weight excluding hydrogens is 254 g/mol. The minimum absolute atomic E-state index is 0.0667. The number of aliphatic hydroxyl groups is 1. The van der Waals surface area contributed by atoms with Gasteiger partial charge >= 0.3 is 0 Å². The maximum atomic E-state index is 8.70. The number of unbranched alkanes of at least 4 members (excludes halogenated alkanes) is 1. The molecule has 0 aliphatic heterocycles. The van der Waals surface area contributed by atoms with E-state index in [1.165, 1.54) is 30.7 Å². The van der Waals surface area contributed by atoms with Gasteiger partial charge in [0.2, 0.25) is 0 Å². The second-order valence-corrected chi connectivity index (χ2v) is 5.98. The topological polar surface area (TPSA) is 23.5 Å². The molecule has 19 heavy (non-hydrogen) atoms. The van der Waals surface area contributed by atoms with Crippen LogP contribution in [0.1, 0.15) is 49.8 Å². The second-order valence-electron chi connectivity index (χ2n) is 4.81. The molecule has 1 aromatic rings. The number of hydrogen-bond acceptors (Lipinski definition) is 3. The summed E-state index contributed by atoms with van der Waals surface area (Å²) in [5.74, 6) is 5.68. The van der Waals surface area contributed by atoms with Gasteiger partial charge in [0.25, 0.3) is 0 Å². The normalized spacial score (nSPS) is 12.3. The van der Waals surface area contributed by atoms with Gasteiger partial charge < -0.3 is 5.11 Å². The maximum absolute atomic E-state index is 8.70. The van der Waals surface area contributed by atoms with Crippen LogP contribution in [0.15, 0.2) is 12.1 Å². The van der Waals surface area contributed by atoms with Crippen molar-refractivity contribution in [3.05, 3.63) is 21.9 Å². The fourth-order valence-corrected chi connectivity index (χ4v) is 2.84. The van der Waals surface area contributed by atoms with Crippen LogP contribution in [-0.4, -0.2) is 29.2 Å². The summed E-state index contributed by atoms with van der Waals surface area (Å²) in [6.07, 6.45) is 3.68. The third-order valence-electron chi connectivity index (χ3n) is 3.32. The van der Waals surface area contributed by atoms with Gasteiger partial charge in [0.05, 0.1) is 4.88 Å². The number of nitrogens with zero attached hydrogens (tertiary/aromatic N) is 1. The first kappa shape index (κ1) is 16.2. The Morgan fingerprint density at radius 1 is 1.37 bits per heavy atom. The maximum Gasteiger partial charge on any atom is 0.104 e.